The number of nitrogens with zero attached hydrogens (tertiary/aromatic N) is 3. The first-order valence-corrected chi connectivity index (χ1v) is 13.1. The topological polar surface area (TPSA) is 105 Å². The van der Waals surface area contributed by atoms with Gasteiger partial charge in [0.15, 0.2) is 0 Å². The standard InChI is InChI=1S/C20H17Cl2FN4O3S.2C2H6/c1-10(12(3)28)15-6-7-16(26-25-15)19-14(23)4-5-17(20(19)22)27-31(29,30)18-8-13(21)9-24-11(18)2;2*1-2/h4-9,27-28H,1-3H3;2*1-2H3/b12-10-;;. The van der Waals surface area contributed by atoms with Crippen LogP contribution in [0.1, 0.15) is 52.9 Å². The van der Waals surface area contributed by atoms with E-state index in [0.717, 1.165) is 6.07 Å². The van der Waals surface area contributed by atoms with E-state index >= 15 is 0 Å². The molecule has 2 heterocycles. The fourth-order valence-electron chi connectivity index (χ4n) is 2.68. The molecule has 3 aromatic rings. The molecular weight excluding hydrogens is 514 g/mol. The van der Waals surface area contributed by atoms with Gasteiger partial charge in [0, 0.05) is 11.8 Å². The molecule has 1 aromatic carbocycles. The van der Waals surface area contributed by atoms with Gasteiger partial charge in [0.2, 0.25) is 0 Å². The fraction of sp³-hybridized carbons (Fsp3) is 0.292. The van der Waals surface area contributed by atoms with E-state index in [0.29, 0.717) is 11.3 Å². The van der Waals surface area contributed by atoms with Crippen LogP contribution in [0.25, 0.3) is 16.8 Å². The molecule has 0 fully saturated rings. The van der Waals surface area contributed by atoms with Crippen LogP contribution in [-0.2, 0) is 10.0 Å². The zero-order valence-corrected chi connectivity index (χ0v) is 22.9. The minimum Gasteiger partial charge on any atom is -0.512 e. The Kier molecular flexibility index (Phi) is 11.6. The molecule has 7 nitrogen and oxygen atoms in total. The van der Waals surface area contributed by atoms with Crippen molar-refractivity contribution in [2.75, 3.05) is 4.72 Å². The zero-order chi connectivity index (χ0) is 26.9. The molecule has 0 aliphatic carbocycles. The third-order valence-electron chi connectivity index (χ3n) is 4.48. The number of pyridine rings is 1. The maximum atomic E-state index is 14.6. The van der Waals surface area contributed by atoms with E-state index in [1.54, 1.807) is 13.0 Å². The number of halogens is 3. The highest BCUT2D eigenvalue weighted by atomic mass is 35.5. The van der Waals surface area contributed by atoms with Gasteiger partial charge in [-0.15, -0.1) is 5.10 Å². The number of aliphatic hydroxyl groups excluding tert-OH is 1. The van der Waals surface area contributed by atoms with Gasteiger partial charge in [-0.05, 0) is 51.1 Å². The summed E-state index contributed by atoms with van der Waals surface area (Å²) in [5.74, 6) is -0.630. The van der Waals surface area contributed by atoms with Gasteiger partial charge < -0.3 is 5.11 Å². The van der Waals surface area contributed by atoms with Crippen LogP contribution in [0.2, 0.25) is 10.0 Å². The van der Waals surface area contributed by atoms with E-state index in [2.05, 4.69) is 19.9 Å². The van der Waals surface area contributed by atoms with Crippen molar-refractivity contribution in [2.45, 2.75) is 53.4 Å². The maximum Gasteiger partial charge on any atom is 0.263 e. The second-order valence-electron chi connectivity index (χ2n) is 6.64. The smallest absolute Gasteiger partial charge is 0.263 e. The van der Waals surface area contributed by atoms with Gasteiger partial charge in [-0.3, -0.25) is 9.71 Å². The van der Waals surface area contributed by atoms with Gasteiger partial charge in [-0.2, -0.15) is 5.10 Å². The lowest BCUT2D eigenvalue weighted by molar-refractivity contribution is 0.416. The number of benzene rings is 1. The molecular formula is C24H29Cl2FN4O3S. The molecule has 0 aliphatic rings. The molecule has 0 unspecified atom stereocenters. The molecule has 35 heavy (non-hydrogen) atoms. The molecule has 0 atom stereocenters. The molecule has 2 N–H and O–H groups in total. The van der Waals surface area contributed by atoms with Crippen LogP contribution in [-0.4, -0.2) is 28.7 Å². The van der Waals surface area contributed by atoms with Crippen LogP contribution in [0.15, 0.2) is 47.2 Å². The quantitative estimate of drug-likeness (QED) is 0.324. The third-order valence-corrected chi connectivity index (χ3v) is 6.56. The predicted octanol–water partition coefficient (Wildman–Crippen LogP) is 7.46. The van der Waals surface area contributed by atoms with Gasteiger partial charge in [-0.25, -0.2) is 12.8 Å². The van der Waals surface area contributed by atoms with E-state index in [-0.39, 0.29) is 43.3 Å². The highest BCUT2D eigenvalue weighted by Crippen LogP contribution is 2.36. The average Bonchev–Trinajstić information content (AvgIpc) is 2.85. The van der Waals surface area contributed by atoms with Crippen LogP contribution >= 0.6 is 23.2 Å². The van der Waals surface area contributed by atoms with Crippen molar-refractivity contribution in [1.82, 2.24) is 15.2 Å². The predicted molar refractivity (Wildman–Crippen MR) is 141 cm³/mol. The van der Waals surface area contributed by atoms with Crippen molar-refractivity contribution < 1.29 is 17.9 Å². The van der Waals surface area contributed by atoms with Crippen LogP contribution in [0.5, 0.6) is 0 Å². The van der Waals surface area contributed by atoms with E-state index in [4.69, 9.17) is 23.2 Å². The first kappa shape index (κ1) is 30.3. The number of aryl methyl sites for hydroxylation is 1. The number of sulfonamides is 1. The van der Waals surface area contributed by atoms with E-state index in [1.807, 2.05) is 27.7 Å². The number of aliphatic hydroxyl groups is 1. The van der Waals surface area contributed by atoms with Crippen LogP contribution in [0.4, 0.5) is 10.1 Å². The second kappa shape index (κ2) is 13.4. The first-order valence-electron chi connectivity index (χ1n) is 10.8. The summed E-state index contributed by atoms with van der Waals surface area (Å²) < 4.78 is 42.6. The minimum atomic E-state index is -4.10. The molecule has 0 saturated carbocycles. The van der Waals surface area contributed by atoms with Gasteiger partial charge in [0.25, 0.3) is 10.0 Å². The Morgan fingerprint density at radius 3 is 2.20 bits per heavy atom. The second-order valence-corrected chi connectivity index (χ2v) is 9.11. The number of anilines is 1. The van der Waals surface area contributed by atoms with Crippen molar-refractivity contribution in [2.24, 2.45) is 0 Å². The Morgan fingerprint density at radius 2 is 1.66 bits per heavy atom. The Balaban J connectivity index is 0.00000145. The fourth-order valence-corrected chi connectivity index (χ4v) is 4.55. The molecule has 11 heteroatoms. The molecule has 2 aromatic heterocycles. The van der Waals surface area contributed by atoms with Crippen LogP contribution in [0.3, 0.4) is 0 Å². The number of hydrogen-bond acceptors (Lipinski definition) is 6. The minimum absolute atomic E-state index is 0.0504. The SMILES string of the molecule is C/C(O)=C(\C)c1ccc(-c2c(F)ccc(NS(=O)(=O)c3cc(Cl)cnc3C)c2Cl)nn1.CC.CC. The van der Waals surface area contributed by atoms with Gasteiger partial charge >= 0.3 is 0 Å². The summed E-state index contributed by atoms with van der Waals surface area (Å²) in [6.45, 7) is 12.7. The number of nitrogens with one attached hydrogen (secondary N) is 1. The molecule has 3 rings (SSSR count). The summed E-state index contributed by atoms with van der Waals surface area (Å²) in [5, 5.41) is 17.5. The number of aromatic nitrogens is 3. The van der Waals surface area contributed by atoms with Crippen molar-refractivity contribution in [3.8, 4) is 11.3 Å². The summed E-state index contributed by atoms with van der Waals surface area (Å²) in [6.07, 6.45) is 1.33. The van der Waals surface area contributed by atoms with Gasteiger partial charge in [0.1, 0.15) is 10.7 Å². The summed E-state index contributed by atoms with van der Waals surface area (Å²) in [7, 11) is -4.10. The normalized spacial score (nSPS) is 11.4. The first-order chi connectivity index (χ1) is 16.5. The lowest BCUT2D eigenvalue weighted by Gasteiger charge is -2.14. The van der Waals surface area contributed by atoms with Crippen LogP contribution in [0, 0.1) is 12.7 Å². The van der Waals surface area contributed by atoms with Crippen molar-refractivity contribution in [3.05, 3.63) is 69.5 Å². The van der Waals surface area contributed by atoms with E-state index in [1.165, 1.54) is 38.2 Å². The Hall–Kier alpha value is -2.75. The lowest BCUT2D eigenvalue weighted by atomic mass is 10.1. The summed E-state index contributed by atoms with van der Waals surface area (Å²) in [4.78, 5) is 3.81. The number of rotatable bonds is 5. The highest BCUT2D eigenvalue weighted by Gasteiger charge is 2.23. The summed E-state index contributed by atoms with van der Waals surface area (Å²) >= 11 is 12.2. The molecule has 0 bridgehead atoms. The number of hydrogen-bond donors (Lipinski definition) is 2. The highest BCUT2D eigenvalue weighted by molar-refractivity contribution is 7.92. The third kappa shape index (κ3) is 7.37. The molecule has 0 aliphatic heterocycles. The van der Waals surface area contributed by atoms with Gasteiger partial charge in [-0.1, -0.05) is 50.9 Å². The van der Waals surface area contributed by atoms with E-state index in [9.17, 15) is 17.9 Å². The molecule has 0 amide bonds. The summed E-state index contributed by atoms with van der Waals surface area (Å²) in [5.41, 5.74) is 1.07. The number of allylic oxidation sites excluding steroid dienone is 2. The molecule has 190 valence electrons. The molecule has 0 saturated heterocycles. The van der Waals surface area contributed by atoms with Crippen molar-refractivity contribution >= 4 is 44.5 Å². The maximum absolute atomic E-state index is 14.6. The average molecular weight is 543 g/mol. The van der Waals surface area contributed by atoms with E-state index < -0.39 is 15.8 Å². The Labute approximate surface area is 216 Å². The monoisotopic (exact) mass is 542 g/mol. The Bertz CT molecular complexity index is 1290. The lowest BCUT2D eigenvalue weighted by Crippen LogP contribution is -2.15. The Morgan fingerprint density at radius 1 is 1.03 bits per heavy atom. The van der Waals surface area contributed by atoms with Crippen molar-refractivity contribution in [3.63, 3.8) is 0 Å². The van der Waals surface area contributed by atoms with Crippen molar-refractivity contribution in [1.29, 1.82) is 0 Å². The zero-order valence-electron chi connectivity index (χ0n) is 20.6. The molecule has 0 spiro atoms. The van der Waals surface area contributed by atoms with Crippen LogP contribution < -0.4 is 4.72 Å². The summed E-state index contributed by atoms with van der Waals surface area (Å²) in [6, 6.07) is 6.55. The molecule has 0 radical (unpaired) electrons. The largest absolute Gasteiger partial charge is 0.512 e. The van der Waals surface area contributed by atoms with Gasteiger partial charge in [0.05, 0.1) is 44.1 Å².